The van der Waals surface area contributed by atoms with Gasteiger partial charge in [0, 0.05) is 17.0 Å². The molecular weight excluding hydrogens is 430 g/mol. The molecule has 3 N–H and O–H groups in total. The van der Waals surface area contributed by atoms with Gasteiger partial charge in [-0.25, -0.2) is 0 Å². The van der Waals surface area contributed by atoms with Crippen molar-refractivity contribution in [1.82, 2.24) is 16.2 Å². The molecule has 0 unspecified atom stereocenters. The maximum absolute atomic E-state index is 12.4. The quantitative estimate of drug-likeness (QED) is 0.439. The van der Waals surface area contributed by atoms with Gasteiger partial charge >= 0.3 is 0 Å². The number of hydrogen-bond acceptors (Lipinski definition) is 6. The summed E-state index contributed by atoms with van der Waals surface area (Å²) in [5.74, 6) is 0.206. The highest BCUT2D eigenvalue weighted by molar-refractivity contribution is 7.80. The summed E-state index contributed by atoms with van der Waals surface area (Å²) < 4.78 is 15.7. The molecule has 0 aliphatic carbocycles. The van der Waals surface area contributed by atoms with E-state index in [9.17, 15) is 9.59 Å². The van der Waals surface area contributed by atoms with Crippen molar-refractivity contribution in [3.05, 3.63) is 52.5 Å². The van der Waals surface area contributed by atoms with Gasteiger partial charge in [-0.05, 0) is 42.4 Å². The van der Waals surface area contributed by atoms with Crippen molar-refractivity contribution in [1.29, 1.82) is 0 Å². The molecule has 8 nitrogen and oxygen atoms in total. The van der Waals surface area contributed by atoms with Crippen LogP contribution in [0.3, 0.4) is 0 Å². The molecule has 2 aromatic carbocycles. The molecule has 2 aromatic rings. The van der Waals surface area contributed by atoms with E-state index in [4.69, 9.17) is 38.0 Å². The summed E-state index contributed by atoms with van der Waals surface area (Å²) in [6.45, 7) is 0. The zero-order valence-corrected chi connectivity index (χ0v) is 18.3. The highest BCUT2D eigenvalue weighted by Crippen LogP contribution is 2.38. The maximum Gasteiger partial charge on any atom is 0.269 e. The number of methoxy groups -OCH3 is 3. The van der Waals surface area contributed by atoms with Crippen LogP contribution in [0.4, 0.5) is 0 Å². The number of carbonyl (C=O) groups excluding carboxylic acids is 2. The number of ether oxygens (including phenoxy) is 3. The minimum absolute atomic E-state index is 0.0417. The van der Waals surface area contributed by atoms with E-state index in [0.29, 0.717) is 28.7 Å². The number of hydrazine groups is 1. The lowest BCUT2D eigenvalue weighted by molar-refractivity contribution is -0.119. The van der Waals surface area contributed by atoms with E-state index in [1.54, 1.807) is 6.07 Å². The van der Waals surface area contributed by atoms with Crippen LogP contribution >= 0.6 is 23.8 Å². The van der Waals surface area contributed by atoms with Crippen LogP contribution in [-0.4, -0.2) is 38.3 Å². The van der Waals surface area contributed by atoms with Crippen LogP contribution in [0.25, 0.3) is 0 Å². The van der Waals surface area contributed by atoms with Crippen molar-refractivity contribution in [3.63, 3.8) is 0 Å². The lowest BCUT2D eigenvalue weighted by Crippen LogP contribution is -2.48. The van der Waals surface area contributed by atoms with Gasteiger partial charge in [-0.1, -0.05) is 29.8 Å². The second kappa shape index (κ2) is 11.2. The van der Waals surface area contributed by atoms with Gasteiger partial charge in [0.2, 0.25) is 11.7 Å². The number of carbonyl (C=O) groups is 2. The second-order valence-electron chi connectivity index (χ2n) is 5.96. The normalized spacial score (nSPS) is 10.0. The molecule has 0 aliphatic heterocycles. The van der Waals surface area contributed by atoms with Gasteiger partial charge in [0.1, 0.15) is 0 Å². The average molecular weight is 452 g/mol. The maximum atomic E-state index is 12.4. The molecule has 0 saturated carbocycles. The summed E-state index contributed by atoms with van der Waals surface area (Å²) in [7, 11) is 4.36. The zero-order valence-electron chi connectivity index (χ0n) is 16.7. The number of amides is 2. The summed E-state index contributed by atoms with van der Waals surface area (Å²) in [5, 5.41) is 3.05. The molecule has 0 heterocycles. The van der Waals surface area contributed by atoms with E-state index in [1.807, 2.05) is 18.2 Å². The van der Waals surface area contributed by atoms with Gasteiger partial charge in [0.25, 0.3) is 5.91 Å². The van der Waals surface area contributed by atoms with Crippen molar-refractivity contribution < 1.29 is 23.8 Å². The van der Waals surface area contributed by atoms with Gasteiger partial charge in [0.15, 0.2) is 16.6 Å². The number of hydrogen-bond donors (Lipinski definition) is 3. The van der Waals surface area contributed by atoms with Crippen molar-refractivity contribution in [3.8, 4) is 17.2 Å². The van der Waals surface area contributed by atoms with Crippen LogP contribution in [0.5, 0.6) is 17.2 Å². The van der Waals surface area contributed by atoms with Crippen molar-refractivity contribution >= 4 is 40.7 Å². The summed E-state index contributed by atoms with van der Waals surface area (Å²) in [6.07, 6.45) is 0.651. The SMILES string of the molecule is COc1cc(C(=O)NNC(=S)NC(=O)CCc2ccccc2Cl)cc(OC)c1OC. The van der Waals surface area contributed by atoms with E-state index < -0.39 is 5.91 Å². The van der Waals surface area contributed by atoms with Crippen LogP contribution in [-0.2, 0) is 11.2 Å². The molecule has 0 bridgehead atoms. The minimum atomic E-state index is -0.512. The molecule has 0 spiro atoms. The zero-order chi connectivity index (χ0) is 22.1. The van der Waals surface area contributed by atoms with E-state index in [0.717, 1.165) is 5.56 Å². The number of halogens is 1. The Hall–Kier alpha value is -3.04. The first-order valence-corrected chi connectivity index (χ1v) is 9.61. The Labute approximate surface area is 184 Å². The molecule has 0 radical (unpaired) electrons. The predicted octanol–water partition coefficient (Wildman–Crippen LogP) is 2.63. The minimum Gasteiger partial charge on any atom is -0.493 e. The fraction of sp³-hybridized carbons (Fsp3) is 0.250. The van der Waals surface area contributed by atoms with E-state index >= 15 is 0 Å². The molecule has 30 heavy (non-hydrogen) atoms. The molecule has 10 heteroatoms. The first kappa shape index (κ1) is 23.2. The Morgan fingerprint density at radius 3 is 2.20 bits per heavy atom. The van der Waals surface area contributed by atoms with Gasteiger partial charge < -0.3 is 19.5 Å². The predicted molar refractivity (Wildman–Crippen MR) is 117 cm³/mol. The highest BCUT2D eigenvalue weighted by Gasteiger charge is 2.17. The first-order chi connectivity index (χ1) is 14.4. The van der Waals surface area contributed by atoms with E-state index in [1.165, 1.54) is 33.5 Å². The standard InChI is InChI=1S/C20H22ClN3O5S/c1-27-15-10-13(11-16(28-2)18(15)29-3)19(26)23-24-20(30)22-17(25)9-8-12-6-4-5-7-14(12)21/h4-7,10-11H,8-9H2,1-3H3,(H,23,26)(H2,22,24,25,30). The molecule has 0 aliphatic rings. The Morgan fingerprint density at radius 1 is 1.00 bits per heavy atom. The van der Waals surface area contributed by atoms with Gasteiger partial charge in [0.05, 0.1) is 21.3 Å². The largest absolute Gasteiger partial charge is 0.493 e. The Balaban J connectivity index is 1.89. The summed E-state index contributed by atoms with van der Waals surface area (Å²) in [4.78, 5) is 24.5. The molecule has 0 fully saturated rings. The lowest BCUT2D eigenvalue weighted by Gasteiger charge is -2.15. The van der Waals surface area contributed by atoms with Crippen molar-refractivity contribution in [2.45, 2.75) is 12.8 Å². The Bertz CT molecular complexity index is 913. The number of aryl methyl sites for hydroxylation is 1. The number of thiocarbonyl (C=S) groups is 1. The van der Waals surface area contributed by atoms with Gasteiger partial charge in [-0.3, -0.25) is 20.4 Å². The Morgan fingerprint density at radius 2 is 1.63 bits per heavy atom. The van der Waals surface area contributed by atoms with Crippen molar-refractivity contribution in [2.24, 2.45) is 0 Å². The van der Waals surface area contributed by atoms with Gasteiger partial charge in [-0.15, -0.1) is 0 Å². The van der Waals surface area contributed by atoms with Gasteiger partial charge in [-0.2, -0.15) is 0 Å². The molecule has 2 rings (SSSR count). The first-order valence-electron chi connectivity index (χ1n) is 8.83. The van der Waals surface area contributed by atoms with Crippen LogP contribution in [0.15, 0.2) is 36.4 Å². The molecule has 0 aromatic heterocycles. The van der Waals surface area contributed by atoms with Crippen LogP contribution in [0.2, 0.25) is 5.02 Å². The molecule has 2 amide bonds. The number of rotatable bonds is 7. The monoisotopic (exact) mass is 451 g/mol. The summed E-state index contributed by atoms with van der Waals surface area (Å²) >= 11 is 11.1. The third-order valence-corrected chi connectivity index (χ3v) is 4.62. The molecule has 0 atom stereocenters. The average Bonchev–Trinajstić information content (AvgIpc) is 2.75. The van der Waals surface area contributed by atoms with Crippen LogP contribution < -0.4 is 30.4 Å². The fourth-order valence-electron chi connectivity index (χ4n) is 2.57. The van der Waals surface area contributed by atoms with Crippen molar-refractivity contribution in [2.75, 3.05) is 21.3 Å². The summed E-state index contributed by atoms with van der Waals surface area (Å²) in [5.41, 5.74) is 6.00. The second-order valence-corrected chi connectivity index (χ2v) is 6.78. The topological polar surface area (TPSA) is 97.9 Å². The number of benzene rings is 2. The van der Waals surface area contributed by atoms with Crippen LogP contribution in [0, 0.1) is 0 Å². The fourth-order valence-corrected chi connectivity index (χ4v) is 2.96. The van der Waals surface area contributed by atoms with E-state index in [-0.39, 0.29) is 23.0 Å². The number of nitrogens with one attached hydrogen (secondary N) is 3. The highest BCUT2D eigenvalue weighted by atomic mass is 35.5. The molecular formula is C20H22ClN3O5S. The third-order valence-electron chi connectivity index (χ3n) is 4.05. The molecule has 0 saturated heterocycles. The summed E-state index contributed by atoms with van der Waals surface area (Å²) in [6, 6.07) is 10.3. The lowest BCUT2D eigenvalue weighted by atomic mass is 10.1. The smallest absolute Gasteiger partial charge is 0.269 e. The Kier molecular flexibility index (Phi) is 8.70. The van der Waals surface area contributed by atoms with Crippen LogP contribution in [0.1, 0.15) is 22.3 Å². The third kappa shape index (κ3) is 6.23. The van der Waals surface area contributed by atoms with E-state index in [2.05, 4.69) is 16.2 Å². The molecule has 160 valence electrons.